The summed E-state index contributed by atoms with van der Waals surface area (Å²) in [5.41, 5.74) is 6.08. The van der Waals surface area contributed by atoms with Gasteiger partial charge in [0.05, 0.1) is 5.69 Å². The van der Waals surface area contributed by atoms with Crippen molar-refractivity contribution in [1.82, 2.24) is 0 Å². The second-order valence-corrected chi connectivity index (χ2v) is 3.98. The van der Waals surface area contributed by atoms with Crippen LogP contribution in [0.3, 0.4) is 0 Å². The number of hydrogen-bond donors (Lipinski definition) is 2. The molecule has 0 atom stereocenters. The number of benzene rings is 2. The Morgan fingerprint density at radius 1 is 1.11 bits per heavy atom. The summed E-state index contributed by atoms with van der Waals surface area (Å²) in [6.45, 7) is 0. The summed E-state index contributed by atoms with van der Waals surface area (Å²) in [6.07, 6.45) is 0. The molecule has 2 rings (SSSR count). The molecule has 0 amide bonds. The average Bonchev–Trinajstić information content (AvgIpc) is 2.34. The van der Waals surface area contributed by atoms with Crippen molar-refractivity contribution in [2.75, 3.05) is 5.32 Å². The molecule has 18 heavy (non-hydrogen) atoms. The Labute approximate surface area is 109 Å². The van der Waals surface area contributed by atoms with Gasteiger partial charge in [-0.05, 0) is 48.6 Å². The van der Waals surface area contributed by atoms with Crippen LogP contribution in [0, 0.1) is 5.82 Å². The molecule has 0 spiro atoms. The van der Waals surface area contributed by atoms with E-state index < -0.39 is 0 Å². The fourth-order valence-electron chi connectivity index (χ4n) is 1.42. The topological polar surface area (TPSA) is 47.3 Å². The van der Waals surface area contributed by atoms with Crippen molar-refractivity contribution < 1.29 is 9.13 Å². The van der Waals surface area contributed by atoms with Crippen LogP contribution in [0.5, 0.6) is 11.5 Å². The molecule has 3 nitrogen and oxygen atoms in total. The fraction of sp³-hybridized carbons (Fsp3) is 0. The highest BCUT2D eigenvalue weighted by Gasteiger charge is 2.04. The predicted molar refractivity (Wildman–Crippen MR) is 73.3 cm³/mol. The van der Waals surface area contributed by atoms with Gasteiger partial charge in [-0.3, -0.25) is 0 Å². The highest BCUT2D eigenvalue weighted by atomic mass is 32.1. The van der Waals surface area contributed by atoms with Crippen LogP contribution < -0.4 is 15.8 Å². The molecule has 0 aliphatic heterocycles. The van der Waals surface area contributed by atoms with E-state index in [0.29, 0.717) is 17.2 Å². The van der Waals surface area contributed by atoms with Crippen LogP contribution in [0.4, 0.5) is 10.1 Å². The standard InChI is InChI=1S/C13H11FN2OS/c14-9-5-7-10(8-6-9)17-12-4-2-1-3-11(12)16-13(15)18/h1-8H,(H3,15,16,18). The number of thiocarbonyl (C=S) groups is 1. The number of ether oxygens (including phenoxy) is 1. The van der Waals surface area contributed by atoms with Gasteiger partial charge in [-0.15, -0.1) is 0 Å². The molecule has 2 aromatic rings. The van der Waals surface area contributed by atoms with Crippen molar-refractivity contribution >= 4 is 23.0 Å². The zero-order valence-corrected chi connectivity index (χ0v) is 10.2. The van der Waals surface area contributed by atoms with Gasteiger partial charge in [-0.25, -0.2) is 4.39 Å². The normalized spacial score (nSPS) is 9.83. The van der Waals surface area contributed by atoms with Gasteiger partial charge < -0.3 is 15.8 Å². The predicted octanol–water partition coefficient (Wildman–Crippen LogP) is 3.27. The van der Waals surface area contributed by atoms with Crippen LogP contribution >= 0.6 is 12.2 Å². The van der Waals surface area contributed by atoms with Crippen molar-refractivity contribution in [3.63, 3.8) is 0 Å². The number of halogens is 1. The van der Waals surface area contributed by atoms with E-state index >= 15 is 0 Å². The lowest BCUT2D eigenvalue weighted by molar-refractivity contribution is 0.483. The van der Waals surface area contributed by atoms with E-state index in [4.69, 9.17) is 22.7 Å². The van der Waals surface area contributed by atoms with E-state index in [1.807, 2.05) is 12.1 Å². The van der Waals surface area contributed by atoms with Gasteiger partial charge in [-0.2, -0.15) is 0 Å². The molecule has 0 bridgehead atoms. The number of nitrogens with one attached hydrogen (secondary N) is 1. The molecule has 92 valence electrons. The Bertz CT molecular complexity index is 557. The summed E-state index contributed by atoms with van der Waals surface area (Å²) in [6, 6.07) is 13.0. The number of para-hydroxylation sites is 2. The average molecular weight is 262 g/mol. The molecule has 5 heteroatoms. The molecular formula is C13H11FN2OS. The third-order valence-corrected chi connectivity index (χ3v) is 2.29. The second kappa shape index (κ2) is 5.46. The molecule has 0 heterocycles. The molecular weight excluding hydrogens is 251 g/mol. The first-order valence-corrected chi connectivity index (χ1v) is 5.65. The molecule has 0 aliphatic carbocycles. The molecule has 0 aliphatic rings. The monoisotopic (exact) mass is 262 g/mol. The van der Waals surface area contributed by atoms with Crippen LogP contribution in [0.2, 0.25) is 0 Å². The van der Waals surface area contributed by atoms with Gasteiger partial charge >= 0.3 is 0 Å². The zero-order chi connectivity index (χ0) is 13.0. The van der Waals surface area contributed by atoms with Crippen molar-refractivity contribution in [1.29, 1.82) is 0 Å². The van der Waals surface area contributed by atoms with Gasteiger partial charge in [0.2, 0.25) is 0 Å². The molecule has 0 saturated carbocycles. The fourth-order valence-corrected chi connectivity index (χ4v) is 1.53. The van der Waals surface area contributed by atoms with Crippen LogP contribution in [-0.4, -0.2) is 5.11 Å². The lowest BCUT2D eigenvalue weighted by Crippen LogP contribution is -2.19. The molecule has 0 radical (unpaired) electrons. The minimum atomic E-state index is -0.308. The van der Waals surface area contributed by atoms with Crippen molar-refractivity contribution in [2.45, 2.75) is 0 Å². The molecule has 0 aromatic heterocycles. The molecule has 0 saturated heterocycles. The Kier molecular flexibility index (Phi) is 3.74. The van der Waals surface area contributed by atoms with Gasteiger partial charge in [0, 0.05) is 0 Å². The number of anilines is 1. The Morgan fingerprint density at radius 2 is 1.78 bits per heavy atom. The third kappa shape index (κ3) is 3.18. The van der Waals surface area contributed by atoms with Gasteiger partial charge in [0.25, 0.3) is 0 Å². The number of hydrogen-bond acceptors (Lipinski definition) is 2. The quantitative estimate of drug-likeness (QED) is 0.833. The Morgan fingerprint density at radius 3 is 2.44 bits per heavy atom. The lowest BCUT2D eigenvalue weighted by Gasteiger charge is -2.11. The summed E-state index contributed by atoms with van der Waals surface area (Å²) < 4.78 is 18.4. The maximum atomic E-state index is 12.8. The third-order valence-electron chi connectivity index (χ3n) is 2.19. The van der Waals surface area contributed by atoms with Gasteiger partial charge in [0.15, 0.2) is 10.9 Å². The van der Waals surface area contributed by atoms with E-state index in [-0.39, 0.29) is 10.9 Å². The summed E-state index contributed by atoms with van der Waals surface area (Å²) in [5.74, 6) is 0.794. The summed E-state index contributed by atoms with van der Waals surface area (Å²) in [5, 5.41) is 2.97. The van der Waals surface area contributed by atoms with E-state index in [0.717, 1.165) is 0 Å². The van der Waals surface area contributed by atoms with E-state index in [9.17, 15) is 4.39 Å². The lowest BCUT2D eigenvalue weighted by atomic mass is 10.3. The molecule has 0 fully saturated rings. The van der Waals surface area contributed by atoms with Crippen LogP contribution in [0.25, 0.3) is 0 Å². The first-order chi connectivity index (χ1) is 8.65. The molecule has 3 N–H and O–H groups in total. The van der Waals surface area contributed by atoms with E-state index in [1.165, 1.54) is 12.1 Å². The SMILES string of the molecule is NC(=S)Nc1ccccc1Oc1ccc(F)cc1. The van der Waals surface area contributed by atoms with Crippen LogP contribution in [0.1, 0.15) is 0 Å². The van der Waals surface area contributed by atoms with E-state index in [1.54, 1.807) is 24.3 Å². The number of nitrogens with two attached hydrogens (primary N) is 1. The minimum absolute atomic E-state index is 0.158. The highest BCUT2D eigenvalue weighted by Crippen LogP contribution is 2.29. The maximum absolute atomic E-state index is 12.8. The van der Waals surface area contributed by atoms with Gasteiger partial charge in [-0.1, -0.05) is 12.1 Å². The van der Waals surface area contributed by atoms with Crippen molar-refractivity contribution in [3.8, 4) is 11.5 Å². The Hall–Kier alpha value is -2.14. The van der Waals surface area contributed by atoms with Crippen molar-refractivity contribution in [2.24, 2.45) is 5.73 Å². The summed E-state index contributed by atoms with van der Waals surface area (Å²) >= 11 is 4.78. The van der Waals surface area contributed by atoms with E-state index in [2.05, 4.69) is 5.32 Å². The van der Waals surface area contributed by atoms with Crippen LogP contribution in [0.15, 0.2) is 48.5 Å². The van der Waals surface area contributed by atoms with Gasteiger partial charge in [0.1, 0.15) is 11.6 Å². The number of rotatable bonds is 3. The van der Waals surface area contributed by atoms with Crippen LogP contribution in [-0.2, 0) is 0 Å². The summed E-state index contributed by atoms with van der Waals surface area (Å²) in [4.78, 5) is 0. The first-order valence-electron chi connectivity index (χ1n) is 5.24. The second-order valence-electron chi connectivity index (χ2n) is 3.54. The van der Waals surface area contributed by atoms with Crippen molar-refractivity contribution in [3.05, 3.63) is 54.3 Å². The zero-order valence-electron chi connectivity index (χ0n) is 9.39. The minimum Gasteiger partial charge on any atom is -0.455 e. The first kappa shape index (κ1) is 12.3. The summed E-state index contributed by atoms with van der Waals surface area (Å²) in [7, 11) is 0. The highest BCUT2D eigenvalue weighted by molar-refractivity contribution is 7.80. The Balaban J connectivity index is 2.23. The smallest absolute Gasteiger partial charge is 0.168 e. The molecule has 0 unspecified atom stereocenters. The maximum Gasteiger partial charge on any atom is 0.168 e. The largest absolute Gasteiger partial charge is 0.455 e. The molecule has 2 aromatic carbocycles.